The molecule has 0 amide bonds. The number of rotatable bonds is 5. The van der Waals surface area contributed by atoms with Crippen molar-refractivity contribution in [2.45, 2.75) is 32.7 Å². The van der Waals surface area contributed by atoms with Crippen molar-refractivity contribution in [2.75, 3.05) is 6.54 Å². The summed E-state index contributed by atoms with van der Waals surface area (Å²) in [5.74, 6) is -0.0953. The Labute approximate surface area is 90.8 Å². The lowest BCUT2D eigenvalue weighted by Gasteiger charge is -2.11. The molecule has 15 heavy (non-hydrogen) atoms. The van der Waals surface area contributed by atoms with Crippen molar-refractivity contribution in [1.82, 2.24) is 5.32 Å². The van der Waals surface area contributed by atoms with Crippen LogP contribution in [0.5, 0.6) is 11.5 Å². The molecule has 3 heteroatoms. The second kappa shape index (κ2) is 5.61. The quantitative estimate of drug-likeness (QED) is 0.650. The highest BCUT2D eigenvalue weighted by Gasteiger charge is 2.03. The van der Waals surface area contributed by atoms with Crippen molar-refractivity contribution < 1.29 is 10.2 Å². The van der Waals surface area contributed by atoms with E-state index < -0.39 is 0 Å². The highest BCUT2D eigenvalue weighted by molar-refractivity contribution is 5.40. The van der Waals surface area contributed by atoms with E-state index in [4.69, 9.17) is 5.11 Å². The molecule has 3 nitrogen and oxygen atoms in total. The first kappa shape index (κ1) is 11.9. The largest absolute Gasteiger partial charge is 0.504 e. The van der Waals surface area contributed by atoms with Gasteiger partial charge in [-0.2, -0.15) is 0 Å². The number of nitrogens with one attached hydrogen (secondary N) is 1. The number of aryl methyl sites for hydroxylation is 1. The fourth-order valence-corrected chi connectivity index (χ4v) is 1.56. The van der Waals surface area contributed by atoms with E-state index in [2.05, 4.69) is 19.2 Å². The molecule has 0 aliphatic heterocycles. The third-order valence-corrected chi connectivity index (χ3v) is 2.46. The second-order valence-corrected chi connectivity index (χ2v) is 3.82. The van der Waals surface area contributed by atoms with Crippen LogP contribution in [-0.4, -0.2) is 22.8 Å². The standard InChI is InChI=1S/C12H19NO2/c1-3-13-9(2)4-5-10-6-7-11(14)12(15)8-10/h6-9,13-15H,3-5H2,1-2H3. The Bertz CT molecular complexity index is 312. The molecule has 1 unspecified atom stereocenters. The van der Waals surface area contributed by atoms with E-state index in [1.54, 1.807) is 6.07 Å². The zero-order valence-electron chi connectivity index (χ0n) is 9.33. The fourth-order valence-electron chi connectivity index (χ4n) is 1.56. The van der Waals surface area contributed by atoms with E-state index in [0.717, 1.165) is 24.9 Å². The van der Waals surface area contributed by atoms with Gasteiger partial charge in [-0.1, -0.05) is 13.0 Å². The topological polar surface area (TPSA) is 52.5 Å². The van der Waals surface area contributed by atoms with Gasteiger partial charge in [0.2, 0.25) is 0 Å². The molecular weight excluding hydrogens is 190 g/mol. The Kier molecular flexibility index (Phi) is 4.43. The first-order valence-corrected chi connectivity index (χ1v) is 5.37. The van der Waals surface area contributed by atoms with E-state index >= 15 is 0 Å². The average molecular weight is 209 g/mol. The lowest BCUT2D eigenvalue weighted by molar-refractivity contribution is 0.403. The van der Waals surface area contributed by atoms with E-state index in [0.29, 0.717) is 6.04 Å². The molecule has 0 aliphatic carbocycles. The van der Waals surface area contributed by atoms with Gasteiger partial charge >= 0.3 is 0 Å². The van der Waals surface area contributed by atoms with Crippen molar-refractivity contribution >= 4 is 0 Å². The van der Waals surface area contributed by atoms with Gasteiger partial charge in [0.05, 0.1) is 0 Å². The highest BCUT2D eigenvalue weighted by Crippen LogP contribution is 2.25. The summed E-state index contributed by atoms with van der Waals surface area (Å²) in [6, 6.07) is 5.47. The predicted octanol–water partition coefficient (Wildman–Crippen LogP) is 2.03. The van der Waals surface area contributed by atoms with Crippen LogP contribution < -0.4 is 5.32 Å². The van der Waals surface area contributed by atoms with Crippen LogP contribution in [0.2, 0.25) is 0 Å². The SMILES string of the molecule is CCNC(C)CCc1ccc(O)c(O)c1. The molecule has 84 valence electrons. The van der Waals surface area contributed by atoms with Crippen molar-refractivity contribution in [3.63, 3.8) is 0 Å². The normalized spacial score (nSPS) is 12.7. The summed E-state index contributed by atoms with van der Waals surface area (Å²) < 4.78 is 0. The molecule has 1 aromatic carbocycles. The van der Waals surface area contributed by atoms with Crippen LogP contribution in [0, 0.1) is 0 Å². The Hall–Kier alpha value is -1.22. The van der Waals surface area contributed by atoms with Crippen LogP contribution in [0.1, 0.15) is 25.8 Å². The Morgan fingerprint density at radius 3 is 2.60 bits per heavy atom. The first-order valence-electron chi connectivity index (χ1n) is 5.37. The summed E-state index contributed by atoms with van der Waals surface area (Å²) in [7, 11) is 0. The molecule has 0 fully saturated rings. The Morgan fingerprint density at radius 2 is 2.00 bits per heavy atom. The zero-order valence-corrected chi connectivity index (χ0v) is 9.33. The van der Waals surface area contributed by atoms with Crippen LogP contribution in [-0.2, 0) is 6.42 Å². The number of benzene rings is 1. The van der Waals surface area contributed by atoms with Gasteiger partial charge in [-0.15, -0.1) is 0 Å². The summed E-state index contributed by atoms with van der Waals surface area (Å²) in [4.78, 5) is 0. The first-order chi connectivity index (χ1) is 7.13. The van der Waals surface area contributed by atoms with Gasteiger partial charge < -0.3 is 15.5 Å². The maximum atomic E-state index is 9.30. The predicted molar refractivity (Wildman–Crippen MR) is 61.2 cm³/mol. The Balaban J connectivity index is 2.47. The maximum Gasteiger partial charge on any atom is 0.157 e. The average Bonchev–Trinajstić information content (AvgIpc) is 2.20. The number of hydrogen-bond acceptors (Lipinski definition) is 3. The lowest BCUT2D eigenvalue weighted by atomic mass is 10.1. The van der Waals surface area contributed by atoms with Crippen LogP contribution in [0.15, 0.2) is 18.2 Å². The number of phenolic OH excluding ortho intramolecular Hbond substituents is 2. The minimum atomic E-state index is -0.0570. The second-order valence-electron chi connectivity index (χ2n) is 3.82. The van der Waals surface area contributed by atoms with Gasteiger partial charge in [0.1, 0.15) is 0 Å². The van der Waals surface area contributed by atoms with Crippen molar-refractivity contribution in [1.29, 1.82) is 0 Å². The summed E-state index contributed by atoms with van der Waals surface area (Å²) in [6.07, 6.45) is 1.93. The molecule has 0 aromatic heterocycles. The molecule has 1 rings (SSSR count). The minimum Gasteiger partial charge on any atom is -0.504 e. The summed E-state index contributed by atoms with van der Waals surface area (Å²) in [6.45, 7) is 5.20. The molecule has 3 N–H and O–H groups in total. The summed E-state index contributed by atoms with van der Waals surface area (Å²) in [5, 5.41) is 21.8. The lowest BCUT2D eigenvalue weighted by Crippen LogP contribution is -2.25. The molecule has 0 bridgehead atoms. The van der Waals surface area contributed by atoms with E-state index in [1.807, 2.05) is 6.07 Å². The Morgan fingerprint density at radius 1 is 1.27 bits per heavy atom. The van der Waals surface area contributed by atoms with Crippen LogP contribution in [0.3, 0.4) is 0 Å². The maximum absolute atomic E-state index is 9.30. The van der Waals surface area contributed by atoms with Gasteiger partial charge in [-0.25, -0.2) is 0 Å². The third-order valence-electron chi connectivity index (χ3n) is 2.46. The van der Waals surface area contributed by atoms with Crippen LogP contribution >= 0.6 is 0 Å². The highest BCUT2D eigenvalue weighted by atomic mass is 16.3. The fraction of sp³-hybridized carbons (Fsp3) is 0.500. The molecule has 0 saturated carbocycles. The number of hydrogen-bond donors (Lipinski definition) is 3. The third kappa shape index (κ3) is 3.80. The molecule has 0 spiro atoms. The molecule has 0 heterocycles. The molecule has 0 saturated heterocycles. The van der Waals surface area contributed by atoms with Gasteiger partial charge in [0.15, 0.2) is 11.5 Å². The van der Waals surface area contributed by atoms with Gasteiger partial charge in [-0.05, 0) is 44.0 Å². The van der Waals surface area contributed by atoms with Gasteiger partial charge in [0.25, 0.3) is 0 Å². The van der Waals surface area contributed by atoms with Crippen molar-refractivity contribution in [3.8, 4) is 11.5 Å². The van der Waals surface area contributed by atoms with Gasteiger partial charge in [0, 0.05) is 6.04 Å². The molecule has 0 aliphatic rings. The monoisotopic (exact) mass is 209 g/mol. The van der Waals surface area contributed by atoms with E-state index in [1.165, 1.54) is 6.07 Å². The smallest absolute Gasteiger partial charge is 0.157 e. The summed E-state index contributed by atoms with van der Waals surface area (Å²) >= 11 is 0. The molecule has 0 radical (unpaired) electrons. The van der Waals surface area contributed by atoms with Crippen LogP contribution in [0.25, 0.3) is 0 Å². The minimum absolute atomic E-state index is 0.0383. The van der Waals surface area contributed by atoms with Gasteiger partial charge in [-0.3, -0.25) is 0 Å². The number of phenols is 2. The van der Waals surface area contributed by atoms with E-state index in [9.17, 15) is 5.11 Å². The van der Waals surface area contributed by atoms with Crippen molar-refractivity contribution in [2.24, 2.45) is 0 Å². The molecular formula is C12H19NO2. The van der Waals surface area contributed by atoms with E-state index in [-0.39, 0.29) is 11.5 Å². The van der Waals surface area contributed by atoms with Crippen LogP contribution in [0.4, 0.5) is 0 Å². The van der Waals surface area contributed by atoms with Crippen molar-refractivity contribution in [3.05, 3.63) is 23.8 Å². The summed E-state index contributed by atoms with van der Waals surface area (Å²) in [5.41, 5.74) is 1.05. The zero-order chi connectivity index (χ0) is 11.3. The molecule has 1 atom stereocenters. The number of aromatic hydroxyl groups is 2. The molecule has 1 aromatic rings.